The normalized spacial score (nSPS) is 24.0. The van der Waals surface area contributed by atoms with Crippen LogP contribution >= 0.6 is 0 Å². The summed E-state index contributed by atoms with van der Waals surface area (Å²) in [6.07, 6.45) is 3.46. The molecule has 0 radical (unpaired) electrons. The molecule has 1 fully saturated rings. The Labute approximate surface area is 87.0 Å². The molecule has 14 heavy (non-hydrogen) atoms. The van der Waals surface area contributed by atoms with Gasteiger partial charge in [0.25, 0.3) is 0 Å². The summed E-state index contributed by atoms with van der Waals surface area (Å²) in [6.45, 7) is 6.16. The minimum Gasteiger partial charge on any atom is -0.330 e. The maximum Gasteiger partial charge on any atom is 0.0233 e. The van der Waals surface area contributed by atoms with E-state index >= 15 is 0 Å². The summed E-state index contributed by atoms with van der Waals surface area (Å²) in [6, 6.07) is 0.645. The van der Waals surface area contributed by atoms with Gasteiger partial charge in [-0.1, -0.05) is 0 Å². The summed E-state index contributed by atoms with van der Waals surface area (Å²) in [7, 11) is 0. The van der Waals surface area contributed by atoms with Crippen LogP contribution in [0.4, 0.5) is 0 Å². The summed E-state index contributed by atoms with van der Waals surface area (Å²) in [5.41, 5.74) is 11.1. The van der Waals surface area contributed by atoms with Gasteiger partial charge >= 0.3 is 0 Å². The smallest absolute Gasteiger partial charge is 0.0233 e. The monoisotopic (exact) mass is 200 g/mol. The average molecular weight is 200 g/mol. The minimum absolute atomic E-state index is 0.645. The van der Waals surface area contributed by atoms with Crippen LogP contribution in [0.5, 0.6) is 0 Å². The second-order valence-electron chi connectivity index (χ2n) is 3.97. The Kier molecular flexibility index (Phi) is 6.10. The van der Waals surface area contributed by atoms with Crippen molar-refractivity contribution < 1.29 is 0 Å². The molecule has 1 rings (SSSR count). The molecular weight excluding hydrogens is 176 g/mol. The molecule has 1 aliphatic rings. The first-order valence-electron chi connectivity index (χ1n) is 5.73. The lowest BCUT2D eigenvalue weighted by Crippen LogP contribution is -2.52. The van der Waals surface area contributed by atoms with Crippen LogP contribution in [0.25, 0.3) is 0 Å². The molecule has 1 heterocycles. The molecule has 1 aliphatic heterocycles. The third kappa shape index (κ3) is 3.92. The molecule has 0 aromatic carbocycles. The number of rotatable bonds is 6. The average Bonchev–Trinajstić information content (AvgIpc) is 2.21. The fraction of sp³-hybridized carbons (Fsp3) is 1.00. The van der Waals surface area contributed by atoms with E-state index in [1.165, 1.54) is 13.0 Å². The van der Waals surface area contributed by atoms with Crippen LogP contribution in [-0.4, -0.2) is 50.2 Å². The van der Waals surface area contributed by atoms with Gasteiger partial charge in [-0.25, -0.2) is 0 Å². The van der Waals surface area contributed by atoms with Gasteiger partial charge in [-0.2, -0.15) is 0 Å². The standard InChI is InChI=1S/C10H24N4/c11-4-1-2-7-14-8-6-13-9-10(14)3-5-12/h10,13H,1-9,11-12H2. The summed E-state index contributed by atoms with van der Waals surface area (Å²) in [5.74, 6) is 0. The van der Waals surface area contributed by atoms with E-state index in [-0.39, 0.29) is 0 Å². The Morgan fingerprint density at radius 2 is 2.07 bits per heavy atom. The Morgan fingerprint density at radius 3 is 2.79 bits per heavy atom. The van der Waals surface area contributed by atoms with Crippen LogP contribution in [0.1, 0.15) is 19.3 Å². The zero-order valence-electron chi connectivity index (χ0n) is 9.04. The Hall–Kier alpha value is -0.160. The third-order valence-corrected chi connectivity index (χ3v) is 2.87. The molecule has 0 bridgehead atoms. The van der Waals surface area contributed by atoms with Gasteiger partial charge < -0.3 is 16.8 Å². The highest BCUT2D eigenvalue weighted by Gasteiger charge is 2.20. The lowest BCUT2D eigenvalue weighted by molar-refractivity contribution is 0.152. The Bertz CT molecular complexity index is 138. The van der Waals surface area contributed by atoms with Gasteiger partial charge in [0.15, 0.2) is 0 Å². The van der Waals surface area contributed by atoms with Crippen molar-refractivity contribution in [3.63, 3.8) is 0 Å². The van der Waals surface area contributed by atoms with Crippen LogP contribution in [0.15, 0.2) is 0 Å². The Morgan fingerprint density at radius 1 is 1.21 bits per heavy atom. The highest BCUT2D eigenvalue weighted by molar-refractivity contribution is 4.79. The SMILES string of the molecule is NCCCCN1CCNCC1CCN. The van der Waals surface area contributed by atoms with Crippen molar-refractivity contribution in [2.24, 2.45) is 11.5 Å². The van der Waals surface area contributed by atoms with Gasteiger partial charge in [0, 0.05) is 25.7 Å². The summed E-state index contributed by atoms with van der Waals surface area (Å²) in [4.78, 5) is 2.55. The fourth-order valence-corrected chi connectivity index (χ4v) is 2.03. The molecule has 4 nitrogen and oxygen atoms in total. The van der Waals surface area contributed by atoms with Crippen LogP contribution in [-0.2, 0) is 0 Å². The maximum absolute atomic E-state index is 5.60. The number of unbranched alkanes of at least 4 members (excludes halogenated alkanes) is 1. The fourth-order valence-electron chi connectivity index (χ4n) is 2.03. The maximum atomic E-state index is 5.60. The van der Waals surface area contributed by atoms with Gasteiger partial charge in [0.05, 0.1) is 0 Å². The van der Waals surface area contributed by atoms with E-state index in [0.717, 1.165) is 45.6 Å². The van der Waals surface area contributed by atoms with E-state index in [9.17, 15) is 0 Å². The lowest BCUT2D eigenvalue weighted by Gasteiger charge is -2.36. The van der Waals surface area contributed by atoms with E-state index < -0.39 is 0 Å². The van der Waals surface area contributed by atoms with Crippen molar-refractivity contribution in [2.75, 3.05) is 39.3 Å². The molecule has 0 aromatic rings. The molecule has 1 saturated heterocycles. The van der Waals surface area contributed by atoms with Gasteiger partial charge in [-0.3, -0.25) is 4.90 Å². The first-order valence-corrected chi connectivity index (χ1v) is 5.73. The molecule has 0 amide bonds. The molecule has 84 valence electrons. The molecular formula is C10H24N4. The van der Waals surface area contributed by atoms with Crippen LogP contribution in [0, 0.1) is 0 Å². The van der Waals surface area contributed by atoms with Crippen molar-refractivity contribution >= 4 is 0 Å². The second kappa shape index (κ2) is 7.17. The molecule has 1 unspecified atom stereocenters. The van der Waals surface area contributed by atoms with E-state index in [1.807, 2.05) is 0 Å². The number of piperazine rings is 1. The summed E-state index contributed by atoms with van der Waals surface area (Å²) in [5, 5.41) is 3.42. The van der Waals surface area contributed by atoms with Crippen LogP contribution < -0.4 is 16.8 Å². The molecule has 0 saturated carbocycles. The van der Waals surface area contributed by atoms with Crippen molar-refractivity contribution in [3.05, 3.63) is 0 Å². The number of hydrogen-bond donors (Lipinski definition) is 3. The van der Waals surface area contributed by atoms with Gasteiger partial charge in [0.1, 0.15) is 0 Å². The highest BCUT2D eigenvalue weighted by atomic mass is 15.2. The summed E-state index contributed by atoms with van der Waals surface area (Å²) < 4.78 is 0. The largest absolute Gasteiger partial charge is 0.330 e. The van der Waals surface area contributed by atoms with Crippen molar-refractivity contribution in [1.29, 1.82) is 0 Å². The predicted octanol–water partition coefficient (Wildman–Crippen LogP) is -0.652. The van der Waals surface area contributed by atoms with E-state index in [4.69, 9.17) is 11.5 Å². The zero-order valence-corrected chi connectivity index (χ0v) is 9.04. The second-order valence-corrected chi connectivity index (χ2v) is 3.97. The van der Waals surface area contributed by atoms with E-state index in [2.05, 4.69) is 10.2 Å². The quantitative estimate of drug-likeness (QED) is 0.498. The van der Waals surface area contributed by atoms with Crippen molar-refractivity contribution in [1.82, 2.24) is 10.2 Å². The van der Waals surface area contributed by atoms with Crippen molar-refractivity contribution in [2.45, 2.75) is 25.3 Å². The number of hydrogen-bond acceptors (Lipinski definition) is 4. The lowest BCUT2D eigenvalue weighted by atomic mass is 10.1. The van der Waals surface area contributed by atoms with Crippen LogP contribution in [0.2, 0.25) is 0 Å². The van der Waals surface area contributed by atoms with Gasteiger partial charge in [-0.05, 0) is 38.9 Å². The van der Waals surface area contributed by atoms with Crippen molar-refractivity contribution in [3.8, 4) is 0 Å². The number of nitrogens with two attached hydrogens (primary N) is 2. The molecule has 0 spiro atoms. The molecule has 1 atom stereocenters. The minimum atomic E-state index is 0.645. The summed E-state index contributed by atoms with van der Waals surface area (Å²) >= 11 is 0. The third-order valence-electron chi connectivity index (χ3n) is 2.87. The molecule has 5 N–H and O–H groups in total. The zero-order chi connectivity index (χ0) is 10.2. The highest BCUT2D eigenvalue weighted by Crippen LogP contribution is 2.07. The molecule has 0 aromatic heterocycles. The first kappa shape index (κ1) is 11.9. The molecule has 0 aliphatic carbocycles. The molecule has 4 heteroatoms. The van der Waals surface area contributed by atoms with E-state index in [1.54, 1.807) is 0 Å². The first-order chi connectivity index (χ1) is 6.88. The van der Waals surface area contributed by atoms with Crippen LogP contribution in [0.3, 0.4) is 0 Å². The number of nitrogens with zero attached hydrogens (tertiary/aromatic N) is 1. The van der Waals surface area contributed by atoms with E-state index in [0.29, 0.717) is 6.04 Å². The number of nitrogens with one attached hydrogen (secondary N) is 1. The van der Waals surface area contributed by atoms with Gasteiger partial charge in [-0.15, -0.1) is 0 Å². The van der Waals surface area contributed by atoms with Gasteiger partial charge in [0.2, 0.25) is 0 Å². The predicted molar refractivity (Wildman–Crippen MR) is 60.2 cm³/mol. The Balaban J connectivity index is 2.22. The topological polar surface area (TPSA) is 67.3 Å².